The van der Waals surface area contributed by atoms with Gasteiger partial charge in [-0.2, -0.15) is 5.26 Å². The molecule has 26 heavy (non-hydrogen) atoms. The number of anilines is 1. The van der Waals surface area contributed by atoms with Crippen molar-refractivity contribution in [2.45, 2.75) is 26.8 Å². The van der Waals surface area contributed by atoms with Gasteiger partial charge in [0.1, 0.15) is 12.2 Å². The minimum Gasteiger partial charge on any atom is -0.484 e. The average Bonchev–Trinajstić information content (AvgIpc) is 2.62. The Morgan fingerprint density at radius 1 is 1.04 bits per heavy atom. The van der Waals surface area contributed by atoms with Crippen LogP contribution in [0.1, 0.15) is 23.1 Å². The summed E-state index contributed by atoms with van der Waals surface area (Å²) in [6.45, 7) is 4.33. The maximum atomic E-state index is 11.9. The maximum Gasteiger partial charge on any atom is 0.258 e. The molecule has 6 nitrogen and oxygen atoms in total. The van der Waals surface area contributed by atoms with Crippen LogP contribution in [0.5, 0.6) is 5.75 Å². The Morgan fingerprint density at radius 3 is 2.42 bits per heavy atom. The van der Waals surface area contributed by atoms with Crippen LogP contribution in [0.15, 0.2) is 42.5 Å². The van der Waals surface area contributed by atoms with Gasteiger partial charge in [-0.25, -0.2) is 0 Å². The second-order valence-corrected chi connectivity index (χ2v) is 5.89. The molecule has 2 N–H and O–H groups in total. The number of hydrogen-bond acceptors (Lipinski definition) is 4. The second kappa shape index (κ2) is 9.23. The number of nitrogens with one attached hydrogen (secondary N) is 2. The molecule has 0 aliphatic carbocycles. The van der Waals surface area contributed by atoms with E-state index in [0.717, 1.165) is 11.1 Å². The van der Waals surface area contributed by atoms with Crippen molar-refractivity contribution < 1.29 is 14.3 Å². The normalized spacial score (nSPS) is 9.88. The van der Waals surface area contributed by atoms with E-state index in [-0.39, 0.29) is 24.8 Å². The van der Waals surface area contributed by atoms with Gasteiger partial charge in [0.25, 0.3) is 5.91 Å². The quantitative estimate of drug-likeness (QED) is 0.802. The van der Waals surface area contributed by atoms with E-state index in [0.29, 0.717) is 18.0 Å². The van der Waals surface area contributed by atoms with Crippen molar-refractivity contribution in [2.24, 2.45) is 0 Å². The molecule has 0 atom stereocenters. The van der Waals surface area contributed by atoms with E-state index in [2.05, 4.69) is 10.6 Å². The molecule has 0 bridgehead atoms. The van der Waals surface area contributed by atoms with Gasteiger partial charge in [-0.05, 0) is 54.8 Å². The number of rotatable bonds is 7. The Kier molecular flexibility index (Phi) is 6.75. The average molecular weight is 351 g/mol. The Hall–Kier alpha value is -3.33. The molecule has 0 aliphatic heterocycles. The largest absolute Gasteiger partial charge is 0.484 e. The minimum absolute atomic E-state index is 0.0508. The molecule has 0 fully saturated rings. The highest BCUT2D eigenvalue weighted by Crippen LogP contribution is 2.16. The molecule has 2 amide bonds. The van der Waals surface area contributed by atoms with Crippen LogP contribution in [0.2, 0.25) is 0 Å². The Balaban J connectivity index is 1.77. The van der Waals surface area contributed by atoms with Crippen molar-refractivity contribution in [2.75, 3.05) is 11.9 Å². The lowest BCUT2D eigenvalue weighted by molar-refractivity contribution is -0.123. The van der Waals surface area contributed by atoms with Gasteiger partial charge in [-0.1, -0.05) is 18.2 Å². The van der Waals surface area contributed by atoms with Crippen LogP contribution < -0.4 is 15.4 Å². The first-order valence-corrected chi connectivity index (χ1v) is 8.20. The van der Waals surface area contributed by atoms with E-state index in [9.17, 15) is 9.59 Å². The van der Waals surface area contributed by atoms with Gasteiger partial charge >= 0.3 is 0 Å². The van der Waals surface area contributed by atoms with Crippen LogP contribution in [0.3, 0.4) is 0 Å². The molecule has 0 aliphatic rings. The third kappa shape index (κ3) is 5.95. The fraction of sp³-hybridized carbons (Fsp3) is 0.250. The highest BCUT2D eigenvalue weighted by Gasteiger charge is 2.05. The van der Waals surface area contributed by atoms with Gasteiger partial charge in [-0.3, -0.25) is 9.59 Å². The number of nitriles is 1. The van der Waals surface area contributed by atoms with Crippen LogP contribution in [-0.2, 0) is 16.1 Å². The Labute approximate surface area is 152 Å². The lowest BCUT2D eigenvalue weighted by Gasteiger charge is -2.09. The Bertz CT molecular complexity index is 823. The number of carbonyl (C=O) groups excluding carboxylic acids is 2. The monoisotopic (exact) mass is 351 g/mol. The number of benzene rings is 2. The van der Waals surface area contributed by atoms with Crippen LogP contribution in [0.25, 0.3) is 0 Å². The van der Waals surface area contributed by atoms with E-state index >= 15 is 0 Å². The first-order chi connectivity index (χ1) is 12.5. The summed E-state index contributed by atoms with van der Waals surface area (Å²) < 4.78 is 5.49. The smallest absolute Gasteiger partial charge is 0.258 e. The minimum atomic E-state index is -0.350. The van der Waals surface area contributed by atoms with E-state index in [1.54, 1.807) is 30.3 Å². The van der Waals surface area contributed by atoms with Gasteiger partial charge in [0.2, 0.25) is 5.91 Å². The lowest BCUT2D eigenvalue weighted by atomic mass is 10.1. The lowest BCUT2D eigenvalue weighted by Crippen LogP contribution is -2.28. The van der Waals surface area contributed by atoms with E-state index in [4.69, 9.17) is 10.00 Å². The molecule has 0 spiro atoms. The van der Waals surface area contributed by atoms with Gasteiger partial charge in [0, 0.05) is 12.2 Å². The summed E-state index contributed by atoms with van der Waals surface area (Å²) in [5, 5.41) is 13.9. The SMILES string of the molecule is Cc1ccc(OCC(=O)NCc2ccc(NC(=O)CC#N)cc2)cc1C. The summed E-state index contributed by atoms with van der Waals surface area (Å²) >= 11 is 0. The van der Waals surface area contributed by atoms with Crippen molar-refractivity contribution >= 4 is 17.5 Å². The first kappa shape index (κ1) is 19.0. The molecule has 2 aromatic rings. The van der Waals surface area contributed by atoms with Crippen molar-refractivity contribution in [3.8, 4) is 11.8 Å². The van der Waals surface area contributed by atoms with Crippen molar-refractivity contribution in [3.05, 3.63) is 59.2 Å². The zero-order valence-corrected chi connectivity index (χ0v) is 14.8. The number of amides is 2. The Morgan fingerprint density at radius 2 is 1.77 bits per heavy atom. The summed E-state index contributed by atoms with van der Waals surface area (Å²) in [7, 11) is 0. The topological polar surface area (TPSA) is 91.2 Å². The maximum absolute atomic E-state index is 11.9. The van der Waals surface area contributed by atoms with Crippen molar-refractivity contribution in [1.82, 2.24) is 5.32 Å². The van der Waals surface area contributed by atoms with Crippen LogP contribution in [0, 0.1) is 25.2 Å². The standard InChI is InChI=1S/C20H21N3O3/c1-14-3-8-18(11-15(14)2)26-13-20(25)22-12-16-4-6-17(7-5-16)23-19(24)9-10-21/h3-8,11H,9,12-13H2,1-2H3,(H,22,25)(H,23,24). The van der Waals surface area contributed by atoms with Gasteiger partial charge in [0.15, 0.2) is 6.61 Å². The molecular formula is C20H21N3O3. The third-order valence-corrected chi connectivity index (χ3v) is 3.82. The molecule has 2 aromatic carbocycles. The van der Waals surface area contributed by atoms with E-state index < -0.39 is 0 Å². The highest BCUT2D eigenvalue weighted by atomic mass is 16.5. The number of hydrogen-bond donors (Lipinski definition) is 2. The molecule has 0 aromatic heterocycles. The molecule has 0 unspecified atom stereocenters. The summed E-state index contributed by atoms with van der Waals surface area (Å²) in [5.74, 6) is 0.104. The summed E-state index contributed by atoms with van der Waals surface area (Å²) in [6, 6.07) is 14.5. The predicted octanol–water partition coefficient (Wildman–Crippen LogP) is 2.85. The molecule has 0 heterocycles. The summed E-state index contributed by atoms with van der Waals surface area (Å²) in [5.41, 5.74) is 3.79. The summed E-state index contributed by atoms with van der Waals surface area (Å²) in [4.78, 5) is 23.2. The van der Waals surface area contributed by atoms with Crippen molar-refractivity contribution in [1.29, 1.82) is 5.26 Å². The third-order valence-electron chi connectivity index (χ3n) is 3.82. The van der Waals surface area contributed by atoms with Gasteiger partial charge < -0.3 is 15.4 Å². The second-order valence-electron chi connectivity index (χ2n) is 5.89. The van der Waals surface area contributed by atoms with Crippen LogP contribution in [-0.4, -0.2) is 18.4 Å². The first-order valence-electron chi connectivity index (χ1n) is 8.20. The fourth-order valence-electron chi connectivity index (χ4n) is 2.19. The highest BCUT2D eigenvalue weighted by molar-refractivity contribution is 5.92. The molecule has 134 valence electrons. The summed E-state index contributed by atoms with van der Waals surface area (Å²) in [6.07, 6.45) is -0.182. The van der Waals surface area contributed by atoms with Gasteiger partial charge in [-0.15, -0.1) is 0 Å². The molecule has 0 saturated carbocycles. The zero-order chi connectivity index (χ0) is 18.9. The fourth-order valence-corrected chi connectivity index (χ4v) is 2.19. The number of carbonyl (C=O) groups is 2. The van der Waals surface area contributed by atoms with E-state index in [1.165, 1.54) is 5.56 Å². The zero-order valence-electron chi connectivity index (χ0n) is 14.8. The van der Waals surface area contributed by atoms with Crippen molar-refractivity contribution in [3.63, 3.8) is 0 Å². The van der Waals surface area contributed by atoms with E-state index in [1.807, 2.05) is 32.0 Å². The molecule has 6 heteroatoms. The molecular weight excluding hydrogens is 330 g/mol. The molecule has 2 rings (SSSR count). The van der Waals surface area contributed by atoms with Crippen LogP contribution in [0.4, 0.5) is 5.69 Å². The number of ether oxygens (including phenoxy) is 1. The van der Waals surface area contributed by atoms with Gasteiger partial charge in [0.05, 0.1) is 6.07 Å². The predicted molar refractivity (Wildman–Crippen MR) is 98.6 cm³/mol. The van der Waals surface area contributed by atoms with Crippen LogP contribution >= 0.6 is 0 Å². The number of aryl methyl sites for hydroxylation is 2. The number of nitrogens with zero attached hydrogens (tertiary/aromatic N) is 1. The molecule has 0 saturated heterocycles. The molecule has 0 radical (unpaired) electrons.